The van der Waals surface area contributed by atoms with Gasteiger partial charge in [-0.3, -0.25) is 14.4 Å². The van der Waals surface area contributed by atoms with Crippen LogP contribution in [0.3, 0.4) is 0 Å². The fourth-order valence-electron chi connectivity index (χ4n) is 5.18. The number of likely N-dealkylation sites (tertiary alicyclic amines) is 2. The number of piperidine rings is 1. The summed E-state index contributed by atoms with van der Waals surface area (Å²) < 4.78 is 0. The van der Waals surface area contributed by atoms with Gasteiger partial charge in [-0.2, -0.15) is 0 Å². The first-order valence-corrected chi connectivity index (χ1v) is 12.9. The van der Waals surface area contributed by atoms with Crippen molar-refractivity contribution in [2.75, 3.05) is 26.2 Å². The Morgan fingerprint density at radius 1 is 0.971 bits per heavy atom. The lowest BCUT2D eigenvalue weighted by molar-refractivity contribution is -0.142. The number of hydrogen-bond acceptors (Lipinski definition) is 3. The molecule has 0 spiro atoms. The number of rotatable bonds is 6. The van der Waals surface area contributed by atoms with E-state index in [9.17, 15) is 14.4 Å². The van der Waals surface area contributed by atoms with E-state index < -0.39 is 6.04 Å². The average Bonchev–Trinajstić information content (AvgIpc) is 3.06. The molecule has 7 heteroatoms. The van der Waals surface area contributed by atoms with E-state index in [0.717, 1.165) is 42.4 Å². The van der Waals surface area contributed by atoms with Crippen LogP contribution < -0.4 is 5.32 Å². The van der Waals surface area contributed by atoms with Gasteiger partial charge < -0.3 is 20.1 Å². The summed E-state index contributed by atoms with van der Waals surface area (Å²) in [5.41, 5.74) is 2.04. The first kappa shape index (κ1) is 24.3. The van der Waals surface area contributed by atoms with E-state index in [4.69, 9.17) is 0 Å². The second-order valence-electron chi connectivity index (χ2n) is 10.1. The summed E-state index contributed by atoms with van der Waals surface area (Å²) in [5, 5.41) is 4.06. The molecule has 2 N–H and O–H groups in total. The Labute approximate surface area is 202 Å². The number of carbonyl (C=O) groups is 3. The SMILES string of the molecule is CC(C)C(=O)NC(Cc1c[nH]c2ccccc12)C(=O)N1CCC(C(=O)N2CCCCCC2)CC1. The maximum atomic E-state index is 13.5. The second-order valence-corrected chi connectivity index (χ2v) is 10.1. The van der Waals surface area contributed by atoms with Crippen LogP contribution in [-0.4, -0.2) is 64.7 Å². The molecule has 1 aromatic carbocycles. The molecule has 1 aromatic heterocycles. The van der Waals surface area contributed by atoms with Crippen LogP contribution in [0.4, 0.5) is 0 Å². The van der Waals surface area contributed by atoms with Crippen molar-refractivity contribution >= 4 is 28.6 Å². The third-order valence-corrected chi connectivity index (χ3v) is 7.31. The summed E-state index contributed by atoms with van der Waals surface area (Å²) in [6.07, 6.45) is 8.35. The van der Waals surface area contributed by atoms with Crippen molar-refractivity contribution in [2.24, 2.45) is 11.8 Å². The van der Waals surface area contributed by atoms with Crippen LogP contribution in [0.2, 0.25) is 0 Å². The maximum Gasteiger partial charge on any atom is 0.245 e. The van der Waals surface area contributed by atoms with Gasteiger partial charge in [0, 0.05) is 61.5 Å². The molecule has 2 aliphatic heterocycles. The molecule has 0 bridgehead atoms. The van der Waals surface area contributed by atoms with E-state index in [-0.39, 0.29) is 29.6 Å². The number of H-pyrrole nitrogens is 1. The Balaban J connectivity index is 1.42. The van der Waals surface area contributed by atoms with Crippen LogP contribution in [0.1, 0.15) is 57.9 Å². The van der Waals surface area contributed by atoms with E-state index >= 15 is 0 Å². The molecule has 7 nitrogen and oxygen atoms in total. The highest BCUT2D eigenvalue weighted by atomic mass is 16.2. The lowest BCUT2D eigenvalue weighted by Crippen LogP contribution is -2.53. The van der Waals surface area contributed by atoms with Crippen molar-refractivity contribution in [1.82, 2.24) is 20.1 Å². The second kappa shape index (κ2) is 11.1. The summed E-state index contributed by atoms with van der Waals surface area (Å²) in [6, 6.07) is 7.38. The molecule has 1 atom stereocenters. The number of carbonyl (C=O) groups excluding carboxylic acids is 3. The van der Waals surface area contributed by atoms with Gasteiger partial charge in [0.05, 0.1) is 0 Å². The van der Waals surface area contributed by atoms with E-state index in [2.05, 4.69) is 10.3 Å². The van der Waals surface area contributed by atoms with Crippen LogP contribution in [0.5, 0.6) is 0 Å². The van der Waals surface area contributed by atoms with Crippen LogP contribution in [0, 0.1) is 11.8 Å². The van der Waals surface area contributed by atoms with Crippen LogP contribution >= 0.6 is 0 Å². The van der Waals surface area contributed by atoms with Crippen molar-refractivity contribution < 1.29 is 14.4 Å². The summed E-state index contributed by atoms with van der Waals surface area (Å²) >= 11 is 0. The molecule has 2 aromatic rings. The molecule has 2 saturated heterocycles. The van der Waals surface area contributed by atoms with Crippen molar-refractivity contribution in [1.29, 1.82) is 0 Å². The molecule has 0 aliphatic carbocycles. The van der Waals surface area contributed by atoms with Gasteiger partial charge in [-0.25, -0.2) is 0 Å². The van der Waals surface area contributed by atoms with Crippen LogP contribution in [-0.2, 0) is 20.8 Å². The molecule has 184 valence electrons. The fourth-order valence-corrected chi connectivity index (χ4v) is 5.18. The van der Waals surface area contributed by atoms with Crippen molar-refractivity contribution in [3.05, 3.63) is 36.0 Å². The highest BCUT2D eigenvalue weighted by Crippen LogP contribution is 2.24. The van der Waals surface area contributed by atoms with Crippen molar-refractivity contribution in [3.8, 4) is 0 Å². The van der Waals surface area contributed by atoms with E-state index in [1.54, 1.807) is 0 Å². The fraction of sp³-hybridized carbons (Fsp3) is 0.593. The number of hydrogen-bond donors (Lipinski definition) is 2. The Morgan fingerprint density at radius 3 is 2.32 bits per heavy atom. The molecule has 2 aliphatic rings. The lowest BCUT2D eigenvalue weighted by atomic mass is 9.94. The van der Waals surface area contributed by atoms with Gasteiger partial charge in [0.2, 0.25) is 17.7 Å². The first-order chi connectivity index (χ1) is 16.4. The third-order valence-electron chi connectivity index (χ3n) is 7.31. The van der Waals surface area contributed by atoms with Crippen molar-refractivity contribution in [2.45, 2.75) is 64.8 Å². The number of benzene rings is 1. The summed E-state index contributed by atoms with van der Waals surface area (Å²) in [4.78, 5) is 46.3. The number of aromatic nitrogens is 1. The third kappa shape index (κ3) is 5.62. The van der Waals surface area contributed by atoms with Gasteiger partial charge in [-0.05, 0) is 37.3 Å². The molecule has 0 saturated carbocycles. The smallest absolute Gasteiger partial charge is 0.245 e. The lowest BCUT2D eigenvalue weighted by Gasteiger charge is -2.36. The van der Waals surface area contributed by atoms with Gasteiger partial charge in [-0.1, -0.05) is 44.9 Å². The van der Waals surface area contributed by atoms with E-state index in [1.165, 1.54) is 12.8 Å². The topological polar surface area (TPSA) is 85.5 Å². The molecule has 3 amide bonds. The largest absolute Gasteiger partial charge is 0.361 e. The summed E-state index contributed by atoms with van der Waals surface area (Å²) in [5.74, 6) is -0.114. The minimum atomic E-state index is -0.619. The van der Waals surface area contributed by atoms with Crippen molar-refractivity contribution in [3.63, 3.8) is 0 Å². The van der Waals surface area contributed by atoms with Crippen LogP contribution in [0.25, 0.3) is 10.9 Å². The number of amides is 3. The quantitative estimate of drug-likeness (QED) is 0.683. The molecule has 4 rings (SSSR count). The van der Waals surface area contributed by atoms with Gasteiger partial charge >= 0.3 is 0 Å². The Kier molecular flexibility index (Phi) is 7.91. The van der Waals surface area contributed by atoms with Gasteiger partial charge in [0.1, 0.15) is 6.04 Å². The number of nitrogens with zero attached hydrogens (tertiary/aromatic N) is 2. The number of para-hydroxylation sites is 1. The molecule has 0 radical (unpaired) electrons. The van der Waals surface area contributed by atoms with E-state index in [0.29, 0.717) is 32.4 Å². The first-order valence-electron chi connectivity index (χ1n) is 12.9. The van der Waals surface area contributed by atoms with E-state index in [1.807, 2.05) is 54.1 Å². The summed E-state index contributed by atoms with van der Waals surface area (Å²) in [7, 11) is 0. The minimum Gasteiger partial charge on any atom is -0.361 e. The monoisotopic (exact) mass is 466 g/mol. The zero-order valence-corrected chi connectivity index (χ0v) is 20.5. The minimum absolute atomic E-state index is 0.000488. The Hall–Kier alpha value is -2.83. The predicted octanol–water partition coefficient (Wildman–Crippen LogP) is 3.49. The standard InChI is InChI=1S/C27H38N4O3/c1-19(2)25(32)29-24(17-21-18-28-23-10-6-5-9-22(21)23)27(34)31-15-11-20(12-16-31)26(33)30-13-7-3-4-8-14-30/h5-6,9-10,18-20,24,28H,3-4,7-8,11-17H2,1-2H3,(H,29,32). The zero-order chi connectivity index (χ0) is 24.1. The number of aromatic amines is 1. The van der Waals surface area contributed by atoms with Gasteiger partial charge in [0.15, 0.2) is 0 Å². The number of nitrogens with one attached hydrogen (secondary N) is 2. The molecule has 3 heterocycles. The average molecular weight is 467 g/mol. The Bertz CT molecular complexity index is 998. The normalized spacial score (nSPS) is 18.7. The highest BCUT2D eigenvalue weighted by molar-refractivity contribution is 5.90. The number of fused-ring (bicyclic) bond motifs is 1. The molecule has 1 unspecified atom stereocenters. The van der Waals surface area contributed by atoms with Gasteiger partial charge in [-0.15, -0.1) is 0 Å². The van der Waals surface area contributed by atoms with Crippen LogP contribution in [0.15, 0.2) is 30.5 Å². The van der Waals surface area contributed by atoms with Gasteiger partial charge in [0.25, 0.3) is 0 Å². The highest BCUT2D eigenvalue weighted by Gasteiger charge is 2.34. The molecular formula is C27H38N4O3. The predicted molar refractivity (Wildman–Crippen MR) is 133 cm³/mol. The molecular weight excluding hydrogens is 428 g/mol. The molecule has 2 fully saturated rings. The Morgan fingerprint density at radius 2 is 1.65 bits per heavy atom. The molecule has 34 heavy (non-hydrogen) atoms. The summed E-state index contributed by atoms with van der Waals surface area (Å²) in [6.45, 7) is 6.53. The zero-order valence-electron chi connectivity index (χ0n) is 20.5. The maximum absolute atomic E-state index is 13.5.